The van der Waals surface area contributed by atoms with Crippen LogP contribution in [0.25, 0.3) is 0 Å². The van der Waals surface area contributed by atoms with Crippen molar-refractivity contribution in [1.29, 1.82) is 0 Å². The number of benzene rings is 1. The first-order chi connectivity index (χ1) is 8.06. The number of hydrogen-bond acceptors (Lipinski definition) is 3. The van der Waals surface area contributed by atoms with Crippen LogP contribution < -0.4 is 5.73 Å². The molecule has 0 unspecified atom stereocenters. The van der Waals surface area contributed by atoms with Crippen LogP contribution in [0.4, 0.5) is 0 Å². The standard InChI is InChI=1S/C14H21NO2/c1-4-17-14(16)9-13(15)12-8-6-5-7-11(12)10(2)3/h5-8,10,13H,4,9,15H2,1-3H3/t13-/m1/s1. The number of rotatable bonds is 5. The van der Waals surface area contributed by atoms with E-state index in [0.29, 0.717) is 12.5 Å². The first-order valence-corrected chi connectivity index (χ1v) is 6.06. The van der Waals surface area contributed by atoms with Crippen molar-refractivity contribution >= 4 is 5.97 Å². The normalized spacial score (nSPS) is 12.5. The van der Waals surface area contributed by atoms with Crippen LogP contribution in [0.1, 0.15) is 50.3 Å². The van der Waals surface area contributed by atoms with Crippen molar-refractivity contribution in [2.24, 2.45) is 5.73 Å². The van der Waals surface area contributed by atoms with Crippen LogP contribution in [-0.2, 0) is 9.53 Å². The minimum Gasteiger partial charge on any atom is -0.466 e. The summed E-state index contributed by atoms with van der Waals surface area (Å²) in [6.07, 6.45) is 0.234. The Bertz CT molecular complexity index is 374. The summed E-state index contributed by atoms with van der Waals surface area (Å²) in [4.78, 5) is 11.4. The van der Waals surface area contributed by atoms with Crippen molar-refractivity contribution in [3.8, 4) is 0 Å². The maximum Gasteiger partial charge on any atom is 0.307 e. The van der Waals surface area contributed by atoms with Gasteiger partial charge >= 0.3 is 5.97 Å². The van der Waals surface area contributed by atoms with Crippen LogP contribution in [0.3, 0.4) is 0 Å². The molecule has 0 heterocycles. The lowest BCUT2D eigenvalue weighted by molar-refractivity contribution is -0.143. The lowest BCUT2D eigenvalue weighted by Crippen LogP contribution is -2.18. The molecular weight excluding hydrogens is 214 g/mol. The van der Waals surface area contributed by atoms with E-state index < -0.39 is 0 Å². The van der Waals surface area contributed by atoms with Gasteiger partial charge in [0.05, 0.1) is 13.0 Å². The Labute approximate surface area is 103 Å². The summed E-state index contributed by atoms with van der Waals surface area (Å²) in [6.45, 7) is 6.44. The molecule has 0 bridgehead atoms. The second-order valence-electron chi connectivity index (χ2n) is 4.40. The first kappa shape index (κ1) is 13.7. The highest BCUT2D eigenvalue weighted by molar-refractivity contribution is 5.70. The Hall–Kier alpha value is -1.35. The lowest BCUT2D eigenvalue weighted by atomic mass is 9.92. The monoisotopic (exact) mass is 235 g/mol. The number of carbonyl (C=O) groups is 1. The Morgan fingerprint density at radius 2 is 1.88 bits per heavy atom. The largest absolute Gasteiger partial charge is 0.466 e. The van der Waals surface area contributed by atoms with Gasteiger partial charge in [-0.3, -0.25) is 4.79 Å². The average molecular weight is 235 g/mol. The molecule has 0 radical (unpaired) electrons. The summed E-state index contributed by atoms with van der Waals surface area (Å²) >= 11 is 0. The van der Waals surface area contributed by atoms with Gasteiger partial charge in [-0.25, -0.2) is 0 Å². The zero-order valence-corrected chi connectivity index (χ0v) is 10.8. The van der Waals surface area contributed by atoms with Crippen LogP contribution in [0.15, 0.2) is 24.3 Å². The number of ether oxygens (including phenoxy) is 1. The molecule has 94 valence electrons. The summed E-state index contributed by atoms with van der Waals surface area (Å²) in [6, 6.07) is 7.71. The molecule has 0 saturated carbocycles. The molecule has 0 aliphatic carbocycles. The first-order valence-electron chi connectivity index (χ1n) is 6.06. The highest BCUT2D eigenvalue weighted by Gasteiger charge is 2.16. The summed E-state index contributed by atoms with van der Waals surface area (Å²) in [5.41, 5.74) is 8.30. The van der Waals surface area contributed by atoms with Crippen molar-refractivity contribution in [2.75, 3.05) is 6.61 Å². The highest BCUT2D eigenvalue weighted by atomic mass is 16.5. The third-order valence-corrected chi connectivity index (χ3v) is 2.71. The third-order valence-electron chi connectivity index (χ3n) is 2.71. The van der Waals surface area contributed by atoms with E-state index in [4.69, 9.17) is 10.5 Å². The van der Waals surface area contributed by atoms with Gasteiger partial charge in [-0.2, -0.15) is 0 Å². The molecule has 1 aromatic rings. The molecule has 3 nitrogen and oxygen atoms in total. The molecule has 0 aliphatic rings. The van der Waals surface area contributed by atoms with Gasteiger partial charge in [-0.15, -0.1) is 0 Å². The molecule has 0 saturated heterocycles. The molecular formula is C14H21NO2. The number of nitrogens with two attached hydrogens (primary N) is 1. The van der Waals surface area contributed by atoms with Gasteiger partial charge in [-0.05, 0) is 24.0 Å². The van der Waals surface area contributed by atoms with Gasteiger partial charge in [0.15, 0.2) is 0 Å². The van der Waals surface area contributed by atoms with E-state index in [0.717, 1.165) is 5.56 Å². The number of esters is 1. The highest BCUT2D eigenvalue weighted by Crippen LogP contribution is 2.25. The molecule has 2 N–H and O–H groups in total. The molecule has 0 amide bonds. The van der Waals surface area contributed by atoms with Crippen LogP contribution in [-0.4, -0.2) is 12.6 Å². The summed E-state index contributed by atoms with van der Waals surface area (Å²) in [5, 5.41) is 0. The van der Waals surface area contributed by atoms with E-state index in [1.807, 2.05) is 18.2 Å². The van der Waals surface area contributed by atoms with Gasteiger partial charge in [0.25, 0.3) is 0 Å². The second-order valence-corrected chi connectivity index (χ2v) is 4.40. The average Bonchev–Trinajstić information content (AvgIpc) is 2.29. The van der Waals surface area contributed by atoms with Crippen LogP contribution >= 0.6 is 0 Å². The van der Waals surface area contributed by atoms with Crippen molar-refractivity contribution in [3.63, 3.8) is 0 Å². The molecule has 3 heteroatoms. The van der Waals surface area contributed by atoms with Crippen molar-refractivity contribution < 1.29 is 9.53 Å². The zero-order chi connectivity index (χ0) is 12.8. The number of hydrogen-bond donors (Lipinski definition) is 1. The fraction of sp³-hybridized carbons (Fsp3) is 0.500. The summed E-state index contributed by atoms with van der Waals surface area (Å²) in [5.74, 6) is 0.165. The smallest absolute Gasteiger partial charge is 0.307 e. The van der Waals surface area contributed by atoms with Crippen molar-refractivity contribution in [3.05, 3.63) is 35.4 Å². The molecule has 0 fully saturated rings. The van der Waals surface area contributed by atoms with Gasteiger partial charge in [0.2, 0.25) is 0 Å². The SMILES string of the molecule is CCOC(=O)C[C@@H](N)c1ccccc1C(C)C. The minimum atomic E-state index is -0.285. The van der Waals surface area contributed by atoms with Gasteiger partial charge in [0, 0.05) is 6.04 Å². The van der Waals surface area contributed by atoms with Crippen LogP contribution in [0.2, 0.25) is 0 Å². The van der Waals surface area contributed by atoms with E-state index in [2.05, 4.69) is 19.9 Å². The van der Waals surface area contributed by atoms with E-state index >= 15 is 0 Å². The van der Waals surface area contributed by atoms with E-state index in [9.17, 15) is 4.79 Å². The van der Waals surface area contributed by atoms with Crippen LogP contribution in [0.5, 0.6) is 0 Å². The topological polar surface area (TPSA) is 52.3 Å². The minimum absolute atomic E-state index is 0.234. The molecule has 17 heavy (non-hydrogen) atoms. The predicted octanol–water partition coefficient (Wildman–Crippen LogP) is 2.76. The summed E-state index contributed by atoms with van der Waals surface area (Å²) in [7, 11) is 0. The molecule has 1 aromatic carbocycles. The second kappa shape index (κ2) is 6.40. The van der Waals surface area contributed by atoms with Gasteiger partial charge in [0.1, 0.15) is 0 Å². The molecule has 0 spiro atoms. The van der Waals surface area contributed by atoms with Crippen molar-refractivity contribution in [2.45, 2.75) is 39.2 Å². The van der Waals surface area contributed by atoms with Gasteiger partial charge < -0.3 is 10.5 Å². The predicted molar refractivity (Wildman–Crippen MR) is 68.7 cm³/mol. The van der Waals surface area contributed by atoms with Gasteiger partial charge in [-0.1, -0.05) is 38.1 Å². The fourth-order valence-electron chi connectivity index (χ4n) is 1.88. The quantitative estimate of drug-likeness (QED) is 0.798. The maximum atomic E-state index is 11.4. The zero-order valence-electron chi connectivity index (χ0n) is 10.8. The Kier molecular flexibility index (Phi) is 5.16. The Morgan fingerprint density at radius 3 is 2.41 bits per heavy atom. The summed E-state index contributed by atoms with van der Waals surface area (Å²) < 4.78 is 4.92. The van der Waals surface area contributed by atoms with E-state index in [1.165, 1.54) is 5.56 Å². The van der Waals surface area contributed by atoms with Crippen molar-refractivity contribution in [1.82, 2.24) is 0 Å². The Morgan fingerprint density at radius 1 is 1.29 bits per heavy atom. The van der Waals surface area contributed by atoms with E-state index in [1.54, 1.807) is 6.92 Å². The number of carbonyl (C=O) groups excluding carboxylic acids is 1. The molecule has 0 aromatic heterocycles. The van der Waals surface area contributed by atoms with Crippen LogP contribution in [0, 0.1) is 0 Å². The lowest BCUT2D eigenvalue weighted by Gasteiger charge is -2.17. The molecule has 1 atom stereocenters. The Balaban J connectivity index is 2.81. The third kappa shape index (κ3) is 3.86. The molecule has 1 rings (SSSR count). The van der Waals surface area contributed by atoms with E-state index in [-0.39, 0.29) is 18.4 Å². The maximum absolute atomic E-state index is 11.4. The molecule has 0 aliphatic heterocycles. The fourth-order valence-corrected chi connectivity index (χ4v) is 1.88.